The van der Waals surface area contributed by atoms with E-state index in [1.54, 1.807) is 38.5 Å². The van der Waals surface area contributed by atoms with Gasteiger partial charge in [-0.05, 0) is 35.9 Å². The SMILES string of the molecule is COc1ccc(NC(=O)N[C@@H]2c3c(cc4c(c3OC)OCO4)CC[NH+]2C)cc1. The second kappa shape index (κ2) is 7.47. The van der Waals surface area contributed by atoms with Gasteiger partial charge in [0, 0.05) is 12.1 Å². The van der Waals surface area contributed by atoms with Crippen molar-refractivity contribution in [1.82, 2.24) is 5.32 Å². The Morgan fingerprint density at radius 2 is 1.96 bits per heavy atom. The number of carbonyl (C=O) groups is 1. The van der Waals surface area contributed by atoms with E-state index < -0.39 is 0 Å². The van der Waals surface area contributed by atoms with Crippen LogP contribution in [-0.2, 0) is 6.42 Å². The number of rotatable bonds is 4. The fraction of sp³-hybridized carbons (Fsp3) is 0.350. The number of hydrogen-bond acceptors (Lipinski definition) is 5. The van der Waals surface area contributed by atoms with E-state index in [0.29, 0.717) is 22.9 Å². The fourth-order valence-electron chi connectivity index (χ4n) is 3.69. The molecule has 2 heterocycles. The molecule has 0 spiro atoms. The van der Waals surface area contributed by atoms with Crippen LogP contribution in [0.4, 0.5) is 10.5 Å². The van der Waals surface area contributed by atoms with Gasteiger partial charge < -0.3 is 29.2 Å². The molecule has 2 amide bonds. The highest BCUT2D eigenvalue weighted by atomic mass is 16.7. The lowest BCUT2D eigenvalue weighted by Gasteiger charge is -2.33. The zero-order chi connectivity index (χ0) is 19.7. The van der Waals surface area contributed by atoms with Crippen molar-refractivity contribution in [2.45, 2.75) is 12.6 Å². The third-order valence-electron chi connectivity index (χ3n) is 5.14. The molecule has 1 unspecified atom stereocenters. The second-order valence-corrected chi connectivity index (χ2v) is 6.82. The van der Waals surface area contributed by atoms with Crippen LogP contribution in [0.2, 0.25) is 0 Å². The molecule has 2 aliphatic rings. The van der Waals surface area contributed by atoms with Gasteiger partial charge in [-0.3, -0.25) is 5.32 Å². The minimum absolute atomic E-state index is 0.174. The Balaban J connectivity index is 1.59. The number of methoxy groups -OCH3 is 2. The maximum Gasteiger partial charge on any atom is 0.324 e. The van der Waals surface area contributed by atoms with Crippen LogP contribution < -0.4 is 34.5 Å². The summed E-state index contributed by atoms with van der Waals surface area (Å²) in [6.45, 7) is 1.05. The standard InChI is InChI=1S/C20H23N3O5/c1-23-9-8-12-10-15-17(28-11-27-15)18(26-3)16(12)19(23)22-20(24)21-13-4-6-14(25-2)7-5-13/h4-7,10,19H,8-9,11H2,1-3H3,(H2,21,22,24)/p+1/t19-/m0/s1. The maximum atomic E-state index is 12.7. The minimum atomic E-state index is -0.290. The summed E-state index contributed by atoms with van der Waals surface area (Å²) in [7, 11) is 5.26. The Morgan fingerprint density at radius 3 is 2.68 bits per heavy atom. The summed E-state index contributed by atoms with van der Waals surface area (Å²) in [5.74, 6) is 2.64. The van der Waals surface area contributed by atoms with Gasteiger partial charge in [-0.1, -0.05) is 0 Å². The van der Waals surface area contributed by atoms with Crippen LogP contribution in [0.25, 0.3) is 0 Å². The second-order valence-electron chi connectivity index (χ2n) is 6.82. The molecule has 0 fully saturated rings. The van der Waals surface area contributed by atoms with Gasteiger partial charge in [0.1, 0.15) is 5.75 Å². The Bertz CT molecular complexity index is 884. The van der Waals surface area contributed by atoms with Crippen LogP contribution in [0, 0.1) is 0 Å². The molecule has 0 bridgehead atoms. The molecule has 28 heavy (non-hydrogen) atoms. The monoisotopic (exact) mass is 386 g/mol. The molecule has 0 radical (unpaired) electrons. The molecule has 4 rings (SSSR count). The van der Waals surface area contributed by atoms with Gasteiger partial charge in [0.15, 0.2) is 17.7 Å². The first-order valence-electron chi connectivity index (χ1n) is 9.14. The number of urea groups is 1. The van der Waals surface area contributed by atoms with Crippen molar-refractivity contribution >= 4 is 11.7 Å². The predicted molar refractivity (Wildman–Crippen MR) is 102 cm³/mol. The molecule has 2 aromatic carbocycles. The van der Waals surface area contributed by atoms with Gasteiger partial charge in [-0.25, -0.2) is 4.79 Å². The smallest absolute Gasteiger partial charge is 0.324 e. The zero-order valence-electron chi connectivity index (χ0n) is 16.1. The molecule has 0 aromatic heterocycles. The number of benzene rings is 2. The first-order chi connectivity index (χ1) is 13.6. The Kier molecular flexibility index (Phi) is 4.87. The summed E-state index contributed by atoms with van der Waals surface area (Å²) in [4.78, 5) is 13.8. The van der Waals surface area contributed by atoms with Crippen LogP contribution in [0.5, 0.6) is 23.0 Å². The summed E-state index contributed by atoms with van der Waals surface area (Å²) in [5.41, 5.74) is 2.71. The number of likely N-dealkylation sites (N-methyl/N-ethyl adjacent to an activating group) is 1. The molecule has 148 valence electrons. The number of nitrogens with one attached hydrogen (secondary N) is 3. The van der Waals surface area contributed by atoms with Gasteiger partial charge in [-0.2, -0.15) is 0 Å². The molecular weight excluding hydrogens is 362 g/mol. The zero-order valence-corrected chi connectivity index (χ0v) is 16.1. The van der Waals surface area contributed by atoms with Crippen LogP contribution in [0.15, 0.2) is 30.3 Å². The van der Waals surface area contributed by atoms with Crippen LogP contribution >= 0.6 is 0 Å². The van der Waals surface area contributed by atoms with E-state index in [1.165, 1.54) is 0 Å². The number of fused-ring (bicyclic) bond motifs is 2. The van der Waals surface area contributed by atoms with Crippen molar-refractivity contribution in [1.29, 1.82) is 0 Å². The third kappa shape index (κ3) is 3.27. The Hall–Kier alpha value is -3.13. The Morgan fingerprint density at radius 1 is 1.18 bits per heavy atom. The number of anilines is 1. The number of hydrogen-bond donors (Lipinski definition) is 3. The Labute approximate surface area is 163 Å². The first kappa shape index (κ1) is 18.2. The molecule has 2 atom stereocenters. The van der Waals surface area contributed by atoms with E-state index in [9.17, 15) is 4.79 Å². The number of carbonyl (C=O) groups excluding carboxylic acids is 1. The maximum absolute atomic E-state index is 12.7. The highest BCUT2D eigenvalue weighted by Crippen LogP contribution is 2.46. The van der Waals surface area contributed by atoms with Crippen molar-refractivity contribution < 1.29 is 28.6 Å². The largest absolute Gasteiger partial charge is 0.497 e. The summed E-state index contributed by atoms with van der Waals surface area (Å²) < 4.78 is 21.9. The highest BCUT2D eigenvalue weighted by Gasteiger charge is 2.37. The topological polar surface area (TPSA) is 82.5 Å². The van der Waals surface area contributed by atoms with E-state index in [0.717, 1.165) is 34.7 Å². The van der Waals surface area contributed by atoms with Crippen LogP contribution in [0.3, 0.4) is 0 Å². The van der Waals surface area contributed by atoms with Crippen molar-refractivity contribution in [2.24, 2.45) is 0 Å². The molecule has 0 saturated heterocycles. The number of amides is 2. The van der Waals surface area contributed by atoms with Gasteiger partial charge in [0.2, 0.25) is 12.5 Å². The van der Waals surface area contributed by atoms with E-state index >= 15 is 0 Å². The molecule has 8 nitrogen and oxygen atoms in total. The quantitative estimate of drug-likeness (QED) is 0.739. The van der Waals surface area contributed by atoms with E-state index in [4.69, 9.17) is 18.9 Å². The number of quaternary nitrogens is 1. The van der Waals surface area contributed by atoms with Gasteiger partial charge >= 0.3 is 6.03 Å². The van der Waals surface area contributed by atoms with Gasteiger partial charge in [0.05, 0.1) is 33.4 Å². The van der Waals surface area contributed by atoms with Gasteiger partial charge in [0.25, 0.3) is 0 Å². The highest BCUT2D eigenvalue weighted by molar-refractivity contribution is 5.89. The summed E-state index contributed by atoms with van der Waals surface area (Å²) in [5, 5.41) is 5.94. The fourth-order valence-corrected chi connectivity index (χ4v) is 3.69. The summed E-state index contributed by atoms with van der Waals surface area (Å²) in [6, 6.07) is 8.88. The lowest BCUT2D eigenvalue weighted by atomic mass is 9.95. The summed E-state index contributed by atoms with van der Waals surface area (Å²) >= 11 is 0. The first-order valence-corrected chi connectivity index (χ1v) is 9.14. The molecular formula is C20H24N3O5+. The molecule has 3 N–H and O–H groups in total. The molecule has 0 aliphatic carbocycles. The number of ether oxygens (including phenoxy) is 4. The van der Waals surface area contributed by atoms with Gasteiger partial charge in [-0.15, -0.1) is 0 Å². The average molecular weight is 386 g/mol. The van der Waals surface area contributed by atoms with E-state index in [-0.39, 0.29) is 19.0 Å². The molecule has 8 heteroatoms. The average Bonchev–Trinajstić information content (AvgIpc) is 3.17. The van der Waals surface area contributed by atoms with Crippen molar-refractivity contribution in [3.63, 3.8) is 0 Å². The lowest BCUT2D eigenvalue weighted by Crippen LogP contribution is -3.12. The van der Waals surface area contributed by atoms with Crippen molar-refractivity contribution in [3.8, 4) is 23.0 Å². The normalized spacial score (nSPS) is 19.5. The van der Waals surface area contributed by atoms with Crippen molar-refractivity contribution in [2.75, 3.05) is 39.9 Å². The lowest BCUT2D eigenvalue weighted by molar-refractivity contribution is -0.917. The predicted octanol–water partition coefficient (Wildman–Crippen LogP) is 1.32. The third-order valence-corrected chi connectivity index (χ3v) is 5.14. The minimum Gasteiger partial charge on any atom is -0.497 e. The van der Waals surface area contributed by atoms with E-state index in [1.807, 2.05) is 13.1 Å². The van der Waals surface area contributed by atoms with Crippen LogP contribution in [-0.4, -0.2) is 40.6 Å². The molecule has 2 aromatic rings. The molecule has 0 saturated carbocycles. The van der Waals surface area contributed by atoms with E-state index in [2.05, 4.69) is 10.6 Å². The molecule has 2 aliphatic heterocycles. The summed E-state index contributed by atoms with van der Waals surface area (Å²) in [6.07, 6.45) is 0.596. The van der Waals surface area contributed by atoms with Crippen molar-refractivity contribution in [3.05, 3.63) is 41.5 Å². The van der Waals surface area contributed by atoms with Crippen LogP contribution in [0.1, 0.15) is 17.3 Å².